The number of rotatable bonds is 1. The Kier molecular flexibility index (Phi) is 1.26. The first-order chi connectivity index (χ1) is 6.36. The van der Waals surface area contributed by atoms with Crippen molar-refractivity contribution in [3.8, 4) is 0 Å². The number of aromatic nitrogens is 3. The van der Waals surface area contributed by atoms with E-state index in [1.807, 2.05) is 12.3 Å². The molecule has 0 aliphatic heterocycles. The van der Waals surface area contributed by atoms with Gasteiger partial charge in [-0.15, -0.1) is 0 Å². The van der Waals surface area contributed by atoms with Gasteiger partial charge in [0.2, 0.25) is 5.78 Å². The van der Waals surface area contributed by atoms with Gasteiger partial charge in [0.15, 0.2) is 0 Å². The largest absolute Gasteiger partial charge is 0.288 e. The molecule has 0 N–H and O–H groups in total. The van der Waals surface area contributed by atoms with Crippen LogP contribution in [-0.4, -0.2) is 14.4 Å². The average molecular weight is 173 g/mol. The van der Waals surface area contributed by atoms with Crippen molar-refractivity contribution in [3.63, 3.8) is 0 Å². The van der Waals surface area contributed by atoms with Gasteiger partial charge in [-0.2, -0.15) is 0 Å². The highest BCUT2D eigenvalue weighted by Crippen LogP contribution is 2.40. The van der Waals surface area contributed by atoms with Gasteiger partial charge >= 0.3 is 0 Å². The van der Waals surface area contributed by atoms with Crippen molar-refractivity contribution in [2.45, 2.75) is 25.7 Å². The molecule has 1 aliphatic carbocycles. The standard InChI is InChI=1S/C10H11N3/c1-7-9(8-3-4-8)12-10-11-5-2-6-13(7)10/h2,5-6,8H,3-4H2,1H3. The van der Waals surface area contributed by atoms with Gasteiger partial charge in [-0.05, 0) is 25.8 Å². The summed E-state index contributed by atoms with van der Waals surface area (Å²) in [6, 6.07) is 1.94. The zero-order valence-corrected chi connectivity index (χ0v) is 7.57. The van der Waals surface area contributed by atoms with Crippen LogP contribution in [0.1, 0.15) is 30.1 Å². The van der Waals surface area contributed by atoms with Crippen LogP contribution in [-0.2, 0) is 0 Å². The predicted molar refractivity (Wildman–Crippen MR) is 49.7 cm³/mol. The third-order valence-corrected chi connectivity index (χ3v) is 2.64. The molecule has 0 spiro atoms. The Balaban J connectivity index is 2.30. The molecule has 3 rings (SSSR count). The molecular formula is C10H11N3. The molecule has 2 aromatic heterocycles. The van der Waals surface area contributed by atoms with Gasteiger partial charge in [-0.3, -0.25) is 4.40 Å². The number of fused-ring (bicyclic) bond motifs is 1. The third kappa shape index (κ3) is 0.963. The van der Waals surface area contributed by atoms with Crippen LogP contribution in [0.2, 0.25) is 0 Å². The summed E-state index contributed by atoms with van der Waals surface area (Å²) in [5, 5.41) is 0. The normalized spacial score (nSPS) is 16.7. The van der Waals surface area contributed by atoms with Crippen molar-refractivity contribution in [1.29, 1.82) is 0 Å². The molecule has 3 heteroatoms. The van der Waals surface area contributed by atoms with E-state index in [2.05, 4.69) is 21.3 Å². The van der Waals surface area contributed by atoms with Gasteiger partial charge in [-0.1, -0.05) is 0 Å². The molecule has 13 heavy (non-hydrogen) atoms. The van der Waals surface area contributed by atoms with Crippen LogP contribution in [0.3, 0.4) is 0 Å². The van der Waals surface area contributed by atoms with E-state index in [1.165, 1.54) is 24.2 Å². The molecule has 66 valence electrons. The summed E-state index contributed by atoms with van der Waals surface area (Å²) in [6.07, 6.45) is 6.41. The van der Waals surface area contributed by atoms with Gasteiger partial charge in [0.1, 0.15) is 0 Å². The Labute approximate surface area is 76.4 Å². The fourth-order valence-electron chi connectivity index (χ4n) is 1.76. The summed E-state index contributed by atoms with van der Waals surface area (Å²) < 4.78 is 2.06. The van der Waals surface area contributed by atoms with Crippen LogP contribution < -0.4 is 0 Å². The van der Waals surface area contributed by atoms with Crippen LogP contribution in [0.5, 0.6) is 0 Å². The summed E-state index contributed by atoms with van der Waals surface area (Å²) in [4.78, 5) is 8.75. The number of hydrogen-bond donors (Lipinski definition) is 0. The van der Waals surface area contributed by atoms with E-state index in [0.717, 1.165) is 5.78 Å². The Bertz CT molecular complexity index is 454. The summed E-state index contributed by atoms with van der Waals surface area (Å²) in [7, 11) is 0. The Morgan fingerprint density at radius 3 is 3.00 bits per heavy atom. The quantitative estimate of drug-likeness (QED) is 0.659. The lowest BCUT2D eigenvalue weighted by molar-refractivity contribution is 1.01. The maximum atomic E-state index is 4.53. The van der Waals surface area contributed by atoms with Gasteiger partial charge in [0.05, 0.1) is 5.69 Å². The van der Waals surface area contributed by atoms with E-state index < -0.39 is 0 Å². The second-order valence-electron chi connectivity index (χ2n) is 3.65. The smallest absolute Gasteiger partial charge is 0.234 e. The molecule has 3 nitrogen and oxygen atoms in total. The lowest BCUT2D eigenvalue weighted by atomic mass is 10.2. The van der Waals surface area contributed by atoms with E-state index >= 15 is 0 Å². The summed E-state index contributed by atoms with van der Waals surface area (Å²) in [6.45, 7) is 2.12. The average Bonchev–Trinajstić information content (AvgIpc) is 2.94. The van der Waals surface area contributed by atoms with E-state index in [1.54, 1.807) is 6.20 Å². The molecule has 0 bridgehead atoms. The van der Waals surface area contributed by atoms with Crippen molar-refractivity contribution < 1.29 is 0 Å². The maximum Gasteiger partial charge on any atom is 0.234 e. The highest BCUT2D eigenvalue weighted by Gasteiger charge is 2.28. The monoisotopic (exact) mass is 173 g/mol. The Morgan fingerprint density at radius 2 is 2.31 bits per heavy atom. The van der Waals surface area contributed by atoms with Crippen molar-refractivity contribution in [2.24, 2.45) is 0 Å². The lowest BCUT2D eigenvalue weighted by Crippen LogP contribution is -1.88. The van der Waals surface area contributed by atoms with Crippen molar-refractivity contribution in [1.82, 2.24) is 14.4 Å². The van der Waals surface area contributed by atoms with E-state index in [4.69, 9.17) is 0 Å². The fraction of sp³-hybridized carbons (Fsp3) is 0.400. The van der Waals surface area contributed by atoms with Crippen LogP contribution in [0, 0.1) is 6.92 Å². The zero-order valence-electron chi connectivity index (χ0n) is 7.57. The summed E-state index contributed by atoms with van der Waals surface area (Å²) in [5.74, 6) is 1.54. The van der Waals surface area contributed by atoms with Crippen LogP contribution >= 0.6 is 0 Å². The first-order valence-electron chi connectivity index (χ1n) is 4.66. The molecule has 2 heterocycles. The second-order valence-corrected chi connectivity index (χ2v) is 3.65. The van der Waals surface area contributed by atoms with Crippen LogP contribution in [0.4, 0.5) is 0 Å². The number of nitrogens with zero attached hydrogens (tertiary/aromatic N) is 3. The van der Waals surface area contributed by atoms with E-state index in [9.17, 15) is 0 Å². The number of imidazole rings is 1. The van der Waals surface area contributed by atoms with E-state index in [-0.39, 0.29) is 0 Å². The first-order valence-corrected chi connectivity index (χ1v) is 4.66. The highest BCUT2D eigenvalue weighted by molar-refractivity contribution is 5.37. The molecule has 0 aromatic carbocycles. The van der Waals surface area contributed by atoms with Crippen LogP contribution in [0.15, 0.2) is 18.5 Å². The van der Waals surface area contributed by atoms with Crippen LogP contribution in [0.25, 0.3) is 5.78 Å². The minimum Gasteiger partial charge on any atom is -0.288 e. The predicted octanol–water partition coefficient (Wildman–Crippen LogP) is 1.92. The zero-order chi connectivity index (χ0) is 8.84. The molecule has 1 fully saturated rings. The molecule has 0 saturated heterocycles. The summed E-state index contributed by atoms with van der Waals surface area (Å²) in [5.41, 5.74) is 2.50. The van der Waals surface area contributed by atoms with Gasteiger partial charge in [0, 0.05) is 24.0 Å². The van der Waals surface area contributed by atoms with Gasteiger partial charge in [0.25, 0.3) is 0 Å². The molecule has 0 unspecified atom stereocenters. The Morgan fingerprint density at radius 1 is 1.46 bits per heavy atom. The molecule has 0 atom stereocenters. The molecule has 1 aliphatic rings. The number of hydrogen-bond acceptors (Lipinski definition) is 2. The second kappa shape index (κ2) is 2.31. The SMILES string of the molecule is Cc1c(C2CC2)nc2ncccn12. The molecule has 2 aromatic rings. The maximum absolute atomic E-state index is 4.53. The topological polar surface area (TPSA) is 30.2 Å². The lowest BCUT2D eigenvalue weighted by Gasteiger charge is -1.94. The Hall–Kier alpha value is -1.38. The van der Waals surface area contributed by atoms with Gasteiger partial charge < -0.3 is 0 Å². The molecule has 0 radical (unpaired) electrons. The van der Waals surface area contributed by atoms with Crippen molar-refractivity contribution >= 4 is 5.78 Å². The van der Waals surface area contributed by atoms with E-state index in [0.29, 0.717) is 5.92 Å². The molecule has 1 saturated carbocycles. The highest BCUT2D eigenvalue weighted by atomic mass is 15.1. The number of aryl methyl sites for hydroxylation is 1. The minimum absolute atomic E-state index is 0.710. The summed E-state index contributed by atoms with van der Waals surface area (Å²) >= 11 is 0. The van der Waals surface area contributed by atoms with Crippen molar-refractivity contribution in [2.75, 3.05) is 0 Å². The molecular weight excluding hydrogens is 162 g/mol. The van der Waals surface area contributed by atoms with Crippen molar-refractivity contribution in [3.05, 3.63) is 29.8 Å². The minimum atomic E-state index is 0.710. The third-order valence-electron chi connectivity index (χ3n) is 2.64. The fourth-order valence-corrected chi connectivity index (χ4v) is 1.76. The molecule has 0 amide bonds. The first kappa shape index (κ1) is 7.06. The van der Waals surface area contributed by atoms with Gasteiger partial charge in [-0.25, -0.2) is 9.97 Å².